The molecule has 2 aromatic rings. The molecule has 21 heavy (non-hydrogen) atoms. The highest BCUT2D eigenvalue weighted by Crippen LogP contribution is 2.37. The van der Waals surface area contributed by atoms with Crippen molar-refractivity contribution in [2.45, 2.75) is 23.8 Å². The standard InChI is InChI=1S/C15H17N3O2S/c16-13-4-1-2-6-15(13)21(19,20)18-11-3-5-14(18)12-7-9-17-10-8-12/h1-2,4,6-10,14H,3,5,11,16H2. The van der Waals surface area contributed by atoms with E-state index in [9.17, 15) is 8.42 Å². The van der Waals surface area contributed by atoms with Crippen LogP contribution in [-0.4, -0.2) is 24.3 Å². The fourth-order valence-electron chi connectivity index (χ4n) is 2.79. The molecular weight excluding hydrogens is 286 g/mol. The smallest absolute Gasteiger partial charge is 0.245 e. The van der Waals surface area contributed by atoms with E-state index in [1.54, 1.807) is 41.0 Å². The fourth-order valence-corrected chi connectivity index (χ4v) is 4.59. The summed E-state index contributed by atoms with van der Waals surface area (Å²) in [6.45, 7) is 0.518. The summed E-state index contributed by atoms with van der Waals surface area (Å²) >= 11 is 0. The van der Waals surface area contributed by atoms with Crippen molar-refractivity contribution >= 4 is 15.7 Å². The number of hydrogen-bond acceptors (Lipinski definition) is 4. The van der Waals surface area contributed by atoms with Crippen LogP contribution >= 0.6 is 0 Å². The van der Waals surface area contributed by atoms with E-state index in [2.05, 4.69) is 4.98 Å². The molecule has 1 fully saturated rings. The van der Waals surface area contributed by atoms with Crippen LogP contribution < -0.4 is 5.73 Å². The molecule has 2 heterocycles. The molecule has 6 heteroatoms. The van der Waals surface area contributed by atoms with E-state index in [4.69, 9.17) is 5.73 Å². The molecule has 1 aromatic heterocycles. The molecule has 0 bridgehead atoms. The predicted octanol–water partition coefficient (Wildman–Crippen LogP) is 2.19. The minimum absolute atomic E-state index is 0.141. The number of benzene rings is 1. The van der Waals surface area contributed by atoms with E-state index < -0.39 is 10.0 Å². The topological polar surface area (TPSA) is 76.3 Å². The number of aromatic nitrogens is 1. The molecule has 0 aliphatic carbocycles. The summed E-state index contributed by atoms with van der Waals surface area (Å²) in [5, 5.41) is 0. The lowest BCUT2D eigenvalue weighted by Crippen LogP contribution is -2.31. The second-order valence-electron chi connectivity index (χ2n) is 5.09. The van der Waals surface area contributed by atoms with Crippen LogP contribution in [0.15, 0.2) is 53.7 Å². The van der Waals surface area contributed by atoms with Gasteiger partial charge in [-0.2, -0.15) is 4.31 Å². The maximum Gasteiger partial charge on any atom is 0.245 e. The minimum Gasteiger partial charge on any atom is -0.398 e. The molecule has 1 atom stereocenters. The van der Waals surface area contributed by atoms with Gasteiger partial charge in [0.05, 0.1) is 11.7 Å². The molecule has 110 valence electrons. The number of rotatable bonds is 3. The molecule has 0 radical (unpaired) electrons. The molecule has 0 spiro atoms. The number of nitrogen functional groups attached to an aromatic ring is 1. The highest BCUT2D eigenvalue weighted by atomic mass is 32.2. The van der Waals surface area contributed by atoms with Crippen LogP contribution in [0.2, 0.25) is 0 Å². The van der Waals surface area contributed by atoms with Crippen molar-refractivity contribution in [1.82, 2.24) is 9.29 Å². The molecule has 0 saturated carbocycles. The number of nitrogens with zero attached hydrogens (tertiary/aromatic N) is 2. The van der Waals surface area contributed by atoms with Crippen LogP contribution in [0, 0.1) is 0 Å². The van der Waals surface area contributed by atoms with Crippen LogP contribution in [0.25, 0.3) is 0 Å². The van der Waals surface area contributed by atoms with Crippen molar-refractivity contribution in [3.05, 3.63) is 54.4 Å². The predicted molar refractivity (Wildman–Crippen MR) is 81.0 cm³/mol. The number of hydrogen-bond donors (Lipinski definition) is 1. The SMILES string of the molecule is Nc1ccccc1S(=O)(=O)N1CCCC1c1ccncc1. The van der Waals surface area contributed by atoms with Crippen molar-refractivity contribution in [1.29, 1.82) is 0 Å². The Hall–Kier alpha value is -1.92. The first kappa shape index (κ1) is 14.0. The van der Waals surface area contributed by atoms with Crippen molar-refractivity contribution < 1.29 is 8.42 Å². The molecule has 1 saturated heterocycles. The molecule has 1 aromatic carbocycles. The quantitative estimate of drug-likeness (QED) is 0.882. The van der Waals surface area contributed by atoms with Crippen molar-refractivity contribution in [2.75, 3.05) is 12.3 Å². The maximum atomic E-state index is 12.9. The zero-order chi connectivity index (χ0) is 14.9. The minimum atomic E-state index is -3.58. The molecule has 0 amide bonds. The zero-order valence-corrected chi connectivity index (χ0v) is 12.3. The number of para-hydroxylation sites is 1. The first-order chi connectivity index (χ1) is 10.1. The van der Waals surface area contributed by atoms with Gasteiger partial charge >= 0.3 is 0 Å². The molecule has 1 aliphatic heterocycles. The highest BCUT2D eigenvalue weighted by molar-refractivity contribution is 7.89. The largest absolute Gasteiger partial charge is 0.398 e. The van der Waals surface area contributed by atoms with Crippen LogP contribution in [0.3, 0.4) is 0 Å². The Morgan fingerprint density at radius 1 is 1.14 bits per heavy atom. The summed E-state index contributed by atoms with van der Waals surface area (Å²) in [6, 6.07) is 10.2. The number of nitrogens with two attached hydrogens (primary N) is 1. The van der Waals surface area contributed by atoms with Gasteiger partial charge in [0.2, 0.25) is 10.0 Å². The van der Waals surface area contributed by atoms with E-state index in [-0.39, 0.29) is 16.6 Å². The van der Waals surface area contributed by atoms with Gasteiger partial charge in [-0.05, 0) is 42.7 Å². The summed E-state index contributed by atoms with van der Waals surface area (Å²) in [5.74, 6) is 0. The highest BCUT2D eigenvalue weighted by Gasteiger charge is 2.36. The van der Waals surface area contributed by atoms with Gasteiger partial charge in [-0.1, -0.05) is 12.1 Å². The van der Waals surface area contributed by atoms with Gasteiger partial charge in [0.15, 0.2) is 0 Å². The summed E-state index contributed by atoms with van der Waals surface area (Å²) < 4.78 is 27.3. The third-order valence-electron chi connectivity index (χ3n) is 3.80. The Labute approximate surface area is 124 Å². The third-order valence-corrected chi connectivity index (χ3v) is 5.78. The normalized spacial score (nSPS) is 19.7. The van der Waals surface area contributed by atoms with Gasteiger partial charge in [-0.3, -0.25) is 4.98 Å². The van der Waals surface area contributed by atoms with Gasteiger partial charge in [-0.25, -0.2) is 8.42 Å². The van der Waals surface area contributed by atoms with E-state index in [0.29, 0.717) is 6.54 Å². The van der Waals surface area contributed by atoms with Crippen molar-refractivity contribution in [2.24, 2.45) is 0 Å². The zero-order valence-electron chi connectivity index (χ0n) is 11.5. The average Bonchev–Trinajstić information content (AvgIpc) is 2.99. The van der Waals surface area contributed by atoms with Gasteiger partial charge in [0, 0.05) is 18.9 Å². The lowest BCUT2D eigenvalue weighted by molar-refractivity contribution is 0.397. The Morgan fingerprint density at radius 3 is 2.57 bits per heavy atom. The Morgan fingerprint density at radius 2 is 1.86 bits per heavy atom. The van der Waals surface area contributed by atoms with Crippen LogP contribution in [0.5, 0.6) is 0 Å². The third kappa shape index (κ3) is 2.52. The lowest BCUT2D eigenvalue weighted by atomic mass is 10.1. The Kier molecular flexibility index (Phi) is 3.65. The monoisotopic (exact) mass is 303 g/mol. The molecular formula is C15H17N3O2S. The van der Waals surface area contributed by atoms with Gasteiger partial charge in [0.25, 0.3) is 0 Å². The Bertz CT molecular complexity index is 732. The first-order valence-electron chi connectivity index (χ1n) is 6.87. The van der Waals surface area contributed by atoms with Gasteiger partial charge in [0.1, 0.15) is 4.90 Å². The van der Waals surface area contributed by atoms with Gasteiger partial charge < -0.3 is 5.73 Å². The van der Waals surface area contributed by atoms with Crippen LogP contribution in [0.4, 0.5) is 5.69 Å². The maximum absolute atomic E-state index is 12.9. The number of pyridine rings is 1. The molecule has 1 aliphatic rings. The first-order valence-corrected chi connectivity index (χ1v) is 8.31. The van der Waals surface area contributed by atoms with E-state index in [1.807, 2.05) is 12.1 Å². The molecule has 5 nitrogen and oxygen atoms in total. The molecule has 1 unspecified atom stereocenters. The Balaban J connectivity index is 2.01. The lowest BCUT2D eigenvalue weighted by Gasteiger charge is -2.24. The summed E-state index contributed by atoms with van der Waals surface area (Å²) in [6.07, 6.45) is 5.04. The summed E-state index contributed by atoms with van der Waals surface area (Å²) in [5.41, 5.74) is 7.11. The average molecular weight is 303 g/mol. The van der Waals surface area contributed by atoms with E-state index in [0.717, 1.165) is 18.4 Å². The summed E-state index contributed by atoms with van der Waals surface area (Å²) in [4.78, 5) is 4.17. The van der Waals surface area contributed by atoms with Crippen LogP contribution in [0.1, 0.15) is 24.4 Å². The van der Waals surface area contributed by atoms with Crippen molar-refractivity contribution in [3.63, 3.8) is 0 Å². The van der Waals surface area contributed by atoms with E-state index in [1.165, 1.54) is 0 Å². The second kappa shape index (κ2) is 5.46. The van der Waals surface area contributed by atoms with Crippen molar-refractivity contribution in [3.8, 4) is 0 Å². The van der Waals surface area contributed by atoms with Gasteiger partial charge in [-0.15, -0.1) is 0 Å². The summed E-state index contributed by atoms with van der Waals surface area (Å²) in [7, 11) is -3.58. The number of sulfonamides is 1. The fraction of sp³-hybridized carbons (Fsp3) is 0.267. The molecule has 2 N–H and O–H groups in total. The van der Waals surface area contributed by atoms with E-state index >= 15 is 0 Å². The molecule has 3 rings (SSSR count). The number of anilines is 1. The van der Waals surface area contributed by atoms with Crippen LogP contribution in [-0.2, 0) is 10.0 Å². The second-order valence-corrected chi connectivity index (χ2v) is 6.95.